The van der Waals surface area contributed by atoms with Gasteiger partial charge in [-0.25, -0.2) is 4.98 Å². The van der Waals surface area contributed by atoms with Crippen LogP contribution in [0.1, 0.15) is 15.9 Å². The van der Waals surface area contributed by atoms with Crippen molar-refractivity contribution in [2.75, 3.05) is 50.6 Å². The minimum Gasteiger partial charge on any atom is -0.497 e. The summed E-state index contributed by atoms with van der Waals surface area (Å²) in [5.41, 5.74) is 1.88. The van der Waals surface area contributed by atoms with Crippen molar-refractivity contribution >= 4 is 29.2 Å². The highest BCUT2D eigenvalue weighted by atomic mass is 16.5. The molecule has 156 valence electrons. The van der Waals surface area contributed by atoms with Crippen molar-refractivity contribution in [2.24, 2.45) is 0 Å². The molecule has 3 heterocycles. The number of ether oxygens (including phenoxy) is 1. The van der Waals surface area contributed by atoms with Gasteiger partial charge in [-0.05, 0) is 23.8 Å². The van der Waals surface area contributed by atoms with E-state index in [0.29, 0.717) is 36.7 Å². The van der Waals surface area contributed by atoms with E-state index in [4.69, 9.17) is 4.74 Å². The highest BCUT2D eigenvalue weighted by Crippen LogP contribution is 2.27. The number of likely N-dealkylation sites (N-methyl/N-ethyl adjacent to an activating group) is 1. The van der Waals surface area contributed by atoms with Gasteiger partial charge in [-0.2, -0.15) is 0 Å². The maximum Gasteiger partial charge on any atom is 0.256 e. The molecule has 9 nitrogen and oxygen atoms in total. The lowest BCUT2D eigenvalue weighted by atomic mass is 10.1. The van der Waals surface area contributed by atoms with Gasteiger partial charge >= 0.3 is 0 Å². The molecule has 0 aliphatic carbocycles. The van der Waals surface area contributed by atoms with E-state index < -0.39 is 0 Å². The Morgan fingerprint density at radius 2 is 2.03 bits per heavy atom. The van der Waals surface area contributed by atoms with Crippen molar-refractivity contribution in [3.05, 3.63) is 47.7 Å². The van der Waals surface area contributed by atoms with Gasteiger partial charge in [0.05, 0.1) is 24.9 Å². The second-order valence-electron chi connectivity index (χ2n) is 7.29. The number of piperazine rings is 1. The number of benzene rings is 1. The monoisotopic (exact) mass is 409 g/mol. The van der Waals surface area contributed by atoms with Gasteiger partial charge in [-0.1, -0.05) is 12.1 Å². The van der Waals surface area contributed by atoms with Gasteiger partial charge < -0.3 is 24.8 Å². The fourth-order valence-electron chi connectivity index (χ4n) is 3.60. The summed E-state index contributed by atoms with van der Waals surface area (Å²) in [6, 6.07) is 9.22. The minimum atomic E-state index is -0.272. The Balaban J connectivity index is 1.44. The van der Waals surface area contributed by atoms with Crippen molar-refractivity contribution < 1.29 is 19.1 Å². The van der Waals surface area contributed by atoms with Crippen LogP contribution in [0.25, 0.3) is 0 Å². The Hall–Kier alpha value is -3.62. The van der Waals surface area contributed by atoms with Gasteiger partial charge in [-0.3, -0.25) is 14.4 Å². The van der Waals surface area contributed by atoms with Crippen molar-refractivity contribution in [1.29, 1.82) is 0 Å². The first kappa shape index (κ1) is 19.7. The molecule has 30 heavy (non-hydrogen) atoms. The molecule has 2 aliphatic heterocycles. The maximum atomic E-state index is 12.9. The Morgan fingerprint density at radius 3 is 2.80 bits per heavy atom. The summed E-state index contributed by atoms with van der Waals surface area (Å²) in [5.74, 6) is 0.818. The van der Waals surface area contributed by atoms with Crippen LogP contribution >= 0.6 is 0 Å². The van der Waals surface area contributed by atoms with Crippen LogP contribution in [0.15, 0.2) is 36.5 Å². The van der Waals surface area contributed by atoms with Crippen LogP contribution in [0.5, 0.6) is 5.75 Å². The van der Waals surface area contributed by atoms with Crippen LogP contribution in [-0.2, 0) is 16.1 Å². The number of amides is 3. The van der Waals surface area contributed by atoms with Gasteiger partial charge in [0.1, 0.15) is 18.1 Å². The second-order valence-corrected chi connectivity index (χ2v) is 7.29. The third-order valence-electron chi connectivity index (χ3n) is 5.37. The van der Waals surface area contributed by atoms with Crippen molar-refractivity contribution in [1.82, 2.24) is 14.8 Å². The van der Waals surface area contributed by atoms with E-state index in [0.717, 1.165) is 11.3 Å². The molecule has 4 rings (SSSR count). The Morgan fingerprint density at radius 1 is 1.20 bits per heavy atom. The minimum absolute atomic E-state index is 0.00685. The molecule has 0 atom stereocenters. The first-order valence-electron chi connectivity index (χ1n) is 9.66. The lowest BCUT2D eigenvalue weighted by molar-refractivity contribution is -0.135. The molecule has 2 aromatic rings. The summed E-state index contributed by atoms with van der Waals surface area (Å²) >= 11 is 0. The average molecular weight is 409 g/mol. The van der Waals surface area contributed by atoms with Gasteiger partial charge in [0.25, 0.3) is 5.91 Å². The van der Waals surface area contributed by atoms with E-state index in [1.165, 1.54) is 16.0 Å². The lowest BCUT2D eigenvalue weighted by Gasteiger charge is -2.34. The fraction of sp³-hybridized carbons (Fsp3) is 0.333. The number of rotatable bonds is 4. The molecule has 3 amide bonds. The number of hydrogen-bond acceptors (Lipinski definition) is 6. The number of pyridine rings is 1. The van der Waals surface area contributed by atoms with Crippen LogP contribution in [0.4, 0.5) is 11.5 Å². The predicted molar refractivity (Wildman–Crippen MR) is 110 cm³/mol. The molecule has 2 aliphatic rings. The van der Waals surface area contributed by atoms with E-state index in [1.54, 1.807) is 25.1 Å². The average Bonchev–Trinajstić information content (AvgIpc) is 2.77. The zero-order chi connectivity index (χ0) is 21.3. The maximum absolute atomic E-state index is 12.9. The summed E-state index contributed by atoms with van der Waals surface area (Å²) in [6.07, 6.45) is 1.48. The molecule has 9 heteroatoms. The van der Waals surface area contributed by atoms with Crippen molar-refractivity contribution in [3.8, 4) is 5.75 Å². The number of fused-ring (bicyclic) bond motifs is 1. The number of nitrogens with zero attached hydrogens (tertiary/aromatic N) is 4. The van der Waals surface area contributed by atoms with Gasteiger partial charge in [0.15, 0.2) is 0 Å². The van der Waals surface area contributed by atoms with Crippen LogP contribution in [0.2, 0.25) is 0 Å². The standard InChI is InChI=1S/C21H23N5O4/c1-24-17-9-15(10-22-20(17)23-11-18(24)27)21(29)26-7-6-25(19(28)13-26)12-14-4-3-5-16(8-14)30-2/h3-5,8-10H,6-7,11-13H2,1-2H3,(H,22,23). The zero-order valence-corrected chi connectivity index (χ0v) is 16.9. The van der Waals surface area contributed by atoms with Crippen LogP contribution < -0.4 is 15.0 Å². The van der Waals surface area contributed by atoms with Crippen molar-refractivity contribution in [3.63, 3.8) is 0 Å². The number of methoxy groups -OCH3 is 1. The first-order valence-corrected chi connectivity index (χ1v) is 9.66. The van der Waals surface area contributed by atoms with Gasteiger partial charge in [0.2, 0.25) is 11.8 Å². The van der Waals surface area contributed by atoms with E-state index >= 15 is 0 Å². The molecule has 0 bridgehead atoms. The predicted octanol–water partition coefficient (Wildman–Crippen LogP) is 0.963. The number of carbonyl (C=O) groups excluding carboxylic acids is 3. The summed E-state index contributed by atoms with van der Waals surface area (Å²) in [6.45, 7) is 1.52. The zero-order valence-electron chi connectivity index (χ0n) is 16.9. The molecular formula is C21H23N5O4. The number of nitrogens with one attached hydrogen (secondary N) is 1. The van der Waals surface area contributed by atoms with E-state index in [1.807, 2.05) is 24.3 Å². The molecule has 1 fully saturated rings. The highest BCUT2D eigenvalue weighted by Gasteiger charge is 2.29. The second kappa shape index (κ2) is 8.02. The molecule has 1 saturated heterocycles. The number of carbonyl (C=O) groups is 3. The fourth-order valence-corrected chi connectivity index (χ4v) is 3.60. The molecule has 1 N–H and O–H groups in total. The number of aromatic nitrogens is 1. The summed E-state index contributed by atoms with van der Waals surface area (Å²) in [4.78, 5) is 46.5. The molecular weight excluding hydrogens is 386 g/mol. The smallest absolute Gasteiger partial charge is 0.256 e. The Labute approximate surface area is 174 Å². The molecule has 0 radical (unpaired) electrons. The lowest BCUT2D eigenvalue weighted by Crippen LogP contribution is -2.51. The molecule has 1 aromatic carbocycles. The van der Waals surface area contributed by atoms with Crippen LogP contribution in [0.3, 0.4) is 0 Å². The number of anilines is 2. The van der Waals surface area contributed by atoms with Gasteiger partial charge in [-0.15, -0.1) is 0 Å². The molecule has 1 aromatic heterocycles. The molecule has 0 spiro atoms. The number of hydrogen-bond donors (Lipinski definition) is 1. The summed E-state index contributed by atoms with van der Waals surface area (Å²) < 4.78 is 5.23. The summed E-state index contributed by atoms with van der Waals surface area (Å²) in [7, 11) is 3.26. The van der Waals surface area contributed by atoms with Crippen LogP contribution in [-0.4, -0.2) is 72.8 Å². The summed E-state index contributed by atoms with van der Waals surface area (Å²) in [5, 5.41) is 2.94. The SMILES string of the molecule is COc1cccc(CN2CCN(C(=O)c3cnc4c(c3)N(C)C(=O)CN4)CC2=O)c1. The quantitative estimate of drug-likeness (QED) is 0.808. The first-order chi connectivity index (χ1) is 14.5. The third-order valence-corrected chi connectivity index (χ3v) is 5.37. The topological polar surface area (TPSA) is 95.1 Å². The Kier molecular flexibility index (Phi) is 5.26. The molecule has 0 unspecified atom stereocenters. The van der Waals surface area contributed by atoms with Crippen LogP contribution in [0, 0.1) is 0 Å². The largest absolute Gasteiger partial charge is 0.497 e. The highest BCUT2D eigenvalue weighted by molar-refractivity contribution is 6.04. The Bertz CT molecular complexity index is 1010. The van der Waals surface area contributed by atoms with Gasteiger partial charge in [0, 0.05) is 32.9 Å². The normalized spacial score (nSPS) is 16.3. The third kappa shape index (κ3) is 3.78. The molecule has 0 saturated carbocycles. The van der Waals surface area contributed by atoms with E-state index in [-0.39, 0.29) is 30.8 Å². The van der Waals surface area contributed by atoms with E-state index in [2.05, 4.69) is 10.3 Å². The van der Waals surface area contributed by atoms with Crippen molar-refractivity contribution in [2.45, 2.75) is 6.54 Å². The van der Waals surface area contributed by atoms with E-state index in [9.17, 15) is 14.4 Å².